The standard InChI is InChI=1S/C33H43F2N7O4/c34-31(35)32-36-26-3-1-2-4-27(26)42(32)28-22-29(38-33(37-28)41-15-19-45-20-16-41)46-25-7-5-23(6-8-25)21-30(43)40-11-9-24(10-12-40)39-13-17-44-18-14-39/h1-4,22-25,31H,5-21H2. The lowest BCUT2D eigenvalue weighted by molar-refractivity contribution is -0.134. The maximum Gasteiger partial charge on any atom is 0.296 e. The van der Waals surface area contributed by atoms with E-state index in [-0.39, 0.29) is 17.8 Å². The van der Waals surface area contributed by atoms with Gasteiger partial charge in [0.1, 0.15) is 11.9 Å². The first-order valence-electron chi connectivity index (χ1n) is 16.8. The summed E-state index contributed by atoms with van der Waals surface area (Å²) in [6.07, 6.45) is 3.20. The van der Waals surface area contributed by atoms with Crippen LogP contribution in [0.2, 0.25) is 0 Å². The van der Waals surface area contributed by atoms with Gasteiger partial charge >= 0.3 is 0 Å². The second-order valence-corrected chi connectivity index (χ2v) is 12.8. The number of fused-ring (bicyclic) bond motifs is 1. The summed E-state index contributed by atoms with van der Waals surface area (Å²) >= 11 is 0. The molecule has 3 aliphatic heterocycles. The number of carbonyl (C=O) groups excluding carboxylic acids is 1. The molecule has 1 aromatic carbocycles. The topological polar surface area (TPSA) is 98.1 Å². The van der Waals surface area contributed by atoms with Crippen LogP contribution in [-0.2, 0) is 14.3 Å². The number of amides is 1. The summed E-state index contributed by atoms with van der Waals surface area (Å²) in [6, 6.07) is 9.26. The van der Waals surface area contributed by atoms with E-state index in [1.165, 1.54) is 4.57 Å². The number of likely N-dealkylation sites (tertiary alicyclic amines) is 1. The van der Waals surface area contributed by atoms with Gasteiger partial charge in [-0.05, 0) is 56.6 Å². The zero-order valence-corrected chi connectivity index (χ0v) is 26.2. The fourth-order valence-corrected chi connectivity index (χ4v) is 7.34. The van der Waals surface area contributed by atoms with Gasteiger partial charge in [-0.15, -0.1) is 0 Å². The van der Waals surface area contributed by atoms with Gasteiger partial charge in [-0.25, -0.2) is 13.8 Å². The number of para-hydroxylation sites is 2. The molecular formula is C33H43F2N7O4. The van der Waals surface area contributed by atoms with Gasteiger partial charge in [-0.1, -0.05) is 12.1 Å². The third kappa shape index (κ3) is 6.96. The number of nitrogens with zero attached hydrogens (tertiary/aromatic N) is 7. The predicted octanol–water partition coefficient (Wildman–Crippen LogP) is 4.24. The van der Waals surface area contributed by atoms with E-state index in [9.17, 15) is 13.6 Å². The van der Waals surface area contributed by atoms with Crippen molar-refractivity contribution in [1.82, 2.24) is 29.3 Å². The Hall–Kier alpha value is -3.42. The van der Waals surface area contributed by atoms with Crippen molar-refractivity contribution in [1.29, 1.82) is 0 Å². The minimum Gasteiger partial charge on any atom is -0.474 e. The second kappa shape index (κ2) is 14.1. The van der Waals surface area contributed by atoms with Gasteiger partial charge in [-0.2, -0.15) is 9.97 Å². The van der Waals surface area contributed by atoms with Crippen LogP contribution in [0.5, 0.6) is 5.88 Å². The zero-order valence-electron chi connectivity index (χ0n) is 26.2. The molecule has 4 aliphatic rings. The van der Waals surface area contributed by atoms with E-state index in [2.05, 4.69) is 14.8 Å². The molecule has 0 bridgehead atoms. The molecule has 11 nitrogen and oxygen atoms in total. The van der Waals surface area contributed by atoms with Crippen molar-refractivity contribution in [2.45, 2.75) is 63.5 Å². The number of anilines is 1. The molecule has 5 heterocycles. The number of piperidine rings is 1. The Morgan fingerprint density at radius 1 is 0.870 bits per heavy atom. The lowest BCUT2D eigenvalue weighted by Crippen LogP contribution is -2.50. The molecule has 3 aromatic rings. The Bertz CT molecular complexity index is 1480. The van der Waals surface area contributed by atoms with E-state index in [0.717, 1.165) is 77.9 Å². The van der Waals surface area contributed by atoms with Crippen LogP contribution in [-0.4, -0.2) is 113 Å². The normalized spacial score (nSPS) is 23.7. The fourth-order valence-electron chi connectivity index (χ4n) is 7.34. The largest absolute Gasteiger partial charge is 0.474 e. The van der Waals surface area contributed by atoms with Gasteiger partial charge in [0.25, 0.3) is 6.43 Å². The van der Waals surface area contributed by atoms with E-state index < -0.39 is 6.43 Å². The van der Waals surface area contributed by atoms with Gasteiger partial charge in [0.15, 0.2) is 5.82 Å². The van der Waals surface area contributed by atoms with E-state index in [0.29, 0.717) is 73.4 Å². The number of imidazole rings is 1. The molecule has 0 N–H and O–H groups in total. The van der Waals surface area contributed by atoms with Crippen LogP contribution < -0.4 is 9.64 Å². The SMILES string of the molecule is O=C(CC1CCC(Oc2cc(-n3c(C(F)F)nc4ccccc43)nc(N3CCOCC3)n2)CC1)N1CCC(N2CCOCC2)CC1. The quantitative estimate of drug-likeness (QED) is 0.359. The molecule has 0 unspecified atom stereocenters. The Morgan fingerprint density at radius 2 is 1.57 bits per heavy atom. The van der Waals surface area contributed by atoms with Crippen LogP contribution in [0.4, 0.5) is 14.7 Å². The summed E-state index contributed by atoms with van der Waals surface area (Å²) < 4.78 is 47.3. The van der Waals surface area contributed by atoms with Crippen molar-refractivity contribution >= 4 is 22.9 Å². The van der Waals surface area contributed by atoms with Crippen molar-refractivity contribution in [2.75, 3.05) is 70.6 Å². The summed E-state index contributed by atoms with van der Waals surface area (Å²) in [5.74, 6) is 1.31. The Labute approximate surface area is 267 Å². The van der Waals surface area contributed by atoms with Gasteiger partial charge < -0.3 is 24.0 Å². The van der Waals surface area contributed by atoms with Crippen LogP contribution >= 0.6 is 0 Å². The molecule has 46 heavy (non-hydrogen) atoms. The van der Waals surface area contributed by atoms with Crippen molar-refractivity contribution < 1.29 is 27.8 Å². The monoisotopic (exact) mass is 639 g/mol. The number of ether oxygens (including phenoxy) is 3. The van der Waals surface area contributed by atoms with E-state index in [4.69, 9.17) is 24.2 Å². The van der Waals surface area contributed by atoms with E-state index >= 15 is 0 Å². The average molecular weight is 640 g/mol. The molecule has 2 aromatic heterocycles. The molecule has 4 fully saturated rings. The summed E-state index contributed by atoms with van der Waals surface area (Å²) in [5.41, 5.74) is 1.02. The van der Waals surface area contributed by atoms with Gasteiger partial charge in [-0.3, -0.25) is 14.3 Å². The first-order valence-corrected chi connectivity index (χ1v) is 16.8. The predicted molar refractivity (Wildman–Crippen MR) is 168 cm³/mol. The molecule has 1 saturated carbocycles. The van der Waals surface area contributed by atoms with Crippen LogP contribution in [0.25, 0.3) is 16.9 Å². The fraction of sp³-hybridized carbons (Fsp3) is 0.636. The summed E-state index contributed by atoms with van der Waals surface area (Å²) in [6.45, 7) is 7.53. The third-order valence-corrected chi connectivity index (χ3v) is 9.91. The lowest BCUT2D eigenvalue weighted by atomic mass is 9.85. The van der Waals surface area contributed by atoms with Crippen LogP contribution in [0.3, 0.4) is 0 Å². The summed E-state index contributed by atoms with van der Waals surface area (Å²) in [5, 5.41) is 0. The van der Waals surface area contributed by atoms with Crippen molar-refractivity contribution in [3.8, 4) is 11.7 Å². The van der Waals surface area contributed by atoms with Crippen molar-refractivity contribution in [3.63, 3.8) is 0 Å². The number of alkyl halides is 2. The number of benzene rings is 1. The summed E-state index contributed by atoms with van der Waals surface area (Å²) in [4.78, 5) is 33.4. The minimum absolute atomic E-state index is 0.0787. The van der Waals surface area contributed by atoms with Gasteiger partial charge in [0.05, 0.1) is 37.5 Å². The van der Waals surface area contributed by atoms with Gasteiger partial charge in [0.2, 0.25) is 17.7 Å². The number of hydrogen-bond acceptors (Lipinski definition) is 9. The molecule has 0 atom stereocenters. The number of halogens is 2. The summed E-state index contributed by atoms with van der Waals surface area (Å²) in [7, 11) is 0. The zero-order chi connectivity index (χ0) is 31.5. The minimum atomic E-state index is -2.78. The third-order valence-electron chi connectivity index (χ3n) is 9.91. The molecule has 0 radical (unpaired) electrons. The van der Waals surface area contributed by atoms with Crippen molar-refractivity contribution in [2.24, 2.45) is 5.92 Å². The maximum atomic E-state index is 14.2. The van der Waals surface area contributed by atoms with E-state index in [1.807, 2.05) is 4.90 Å². The first-order chi connectivity index (χ1) is 22.5. The molecule has 1 aliphatic carbocycles. The first kappa shape index (κ1) is 31.2. The molecule has 248 valence electrons. The second-order valence-electron chi connectivity index (χ2n) is 12.8. The maximum absolute atomic E-state index is 14.2. The van der Waals surface area contributed by atoms with Crippen LogP contribution in [0, 0.1) is 5.92 Å². The van der Waals surface area contributed by atoms with Gasteiger partial charge in [0, 0.05) is 57.8 Å². The van der Waals surface area contributed by atoms with Crippen LogP contribution in [0.15, 0.2) is 30.3 Å². The average Bonchev–Trinajstić information content (AvgIpc) is 3.50. The number of carbonyl (C=O) groups is 1. The number of rotatable bonds is 8. The highest BCUT2D eigenvalue weighted by molar-refractivity contribution is 5.78. The van der Waals surface area contributed by atoms with Crippen LogP contribution in [0.1, 0.15) is 57.2 Å². The molecule has 7 rings (SSSR count). The Kier molecular flexibility index (Phi) is 9.59. The molecule has 0 spiro atoms. The number of morpholine rings is 2. The lowest BCUT2D eigenvalue weighted by Gasteiger charge is -2.40. The highest BCUT2D eigenvalue weighted by Crippen LogP contribution is 2.33. The molecule has 13 heteroatoms. The molecule has 1 amide bonds. The smallest absolute Gasteiger partial charge is 0.296 e. The number of hydrogen-bond donors (Lipinski definition) is 0. The highest BCUT2D eigenvalue weighted by atomic mass is 19.3. The Balaban J connectivity index is 1.00. The van der Waals surface area contributed by atoms with Crippen molar-refractivity contribution in [3.05, 3.63) is 36.2 Å². The number of aromatic nitrogens is 4. The molecule has 3 saturated heterocycles. The highest BCUT2D eigenvalue weighted by Gasteiger charge is 2.31. The van der Waals surface area contributed by atoms with E-state index in [1.54, 1.807) is 30.3 Å². The molecular weight excluding hydrogens is 596 g/mol. The Morgan fingerprint density at radius 3 is 2.28 bits per heavy atom.